The standard InChI is InChI=1S/C12H18N2O/c1-13-6-5-10-7-9-3-4-11(15-2)8-12(9)14-10/h3-4,8,10,13-14H,5-7H2,1-2H3. The van der Waals surface area contributed by atoms with Crippen molar-refractivity contribution in [2.45, 2.75) is 18.9 Å². The summed E-state index contributed by atoms with van der Waals surface area (Å²) in [6.07, 6.45) is 2.29. The molecular weight excluding hydrogens is 188 g/mol. The van der Waals surface area contributed by atoms with Crippen LogP contribution in [0.3, 0.4) is 0 Å². The number of rotatable bonds is 4. The van der Waals surface area contributed by atoms with E-state index in [-0.39, 0.29) is 0 Å². The van der Waals surface area contributed by atoms with Gasteiger partial charge in [-0.05, 0) is 38.1 Å². The lowest BCUT2D eigenvalue weighted by molar-refractivity contribution is 0.415. The zero-order valence-electron chi connectivity index (χ0n) is 9.34. The van der Waals surface area contributed by atoms with Crippen LogP contribution in [-0.4, -0.2) is 26.7 Å². The van der Waals surface area contributed by atoms with Crippen molar-refractivity contribution in [1.82, 2.24) is 5.32 Å². The molecule has 0 bridgehead atoms. The molecule has 1 atom stereocenters. The van der Waals surface area contributed by atoms with Crippen LogP contribution in [-0.2, 0) is 6.42 Å². The van der Waals surface area contributed by atoms with Gasteiger partial charge in [0.25, 0.3) is 0 Å². The molecule has 1 aliphatic heterocycles. The highest BCUT2D eigenvalue weighted by Gasteiger charge is 2.19. The lowest BCUT2D eigenvalue weighted by Gasteiger charge is -2.10. The maximum Gasteiger partial charge on any atom is 0.120 e. The van der Waals surface area contributed by atoms with Crippen LogP contribution in [0.15, 0.2) is 18.2 Å². The van der Waals surface area contributed by atoms with Gasteiger partial charge in [-0.25, -0.2) is 0 Å². The number of benzene rings is 1. The van der Waals surface area contributed by atoms with E-state index in [2.05, 4.69) is 22.8 Å². The molecule has 0 aliphatic carbocycles. The molecule has 2 N–H and O–H groups in total. The molecule has 1 aromatic rings. The van der Waals surface area contributed by atoms with Crippen molar-refractivity contribution in [1.29, 1.82) is 0 Å². The second-order valence-corrected chi connectivity index (χ2v) is 3.96. The number of nitrogens with one attached hydrogen (secondary N) is 2. The molecule has 0 saturated carbocycles. The van der Waals surface area contributed by atoms with Crippen LogP contribution in [0.4, 0.5) is 5.69 Å². The Balaban J connectivity index is 2.03. The molecule has 0 saturated heterocycles. The van der Waals surface area contributed by atoms with Gasteiger partial charge in [0.1, 0.15) is 5.75 Å². The Morgan fingerprint density at radius 3 is 3.13 bits per heavy atom. The van der Waals surface area contributed by atoms with E-state index in [0.717, 1.165) is 25.1 Å². The Morgan fingerprint density at radius 1 is 1.53 bits per heavy atom. The lowest BCUT2D eigenvalue weighted by atomic mass is 10.1. The number of ether oxygens (including phenoxy) is 1. The lowest BCUT2D eigenvalue weighted by Crippen LogP contribution is -2.21. The van der Waals surface area contributed by atoms with Crippen molar-refractivity contribution < 1.29 is 4.74 Å². The van der Waals surface area contributed by atoms with Crippen molar-refractivity contribution in [3.05, 3.63) is 23.8 Å². The molecule has 82 valence electrons. The maximum atomic E-state index is 5.20. The molecule has 1 aromatic carbocycles. The van der Waals surface area contributed by atoms with Crippen LogP contribution in [0, 0.1) is 0 Å². The second-order valence-electron chi connectivity index (χ2n) is 3.96. The smallest absolute Gasteiger partial charge is 0.120 e. The summed E-state index contributed by atoms with van der Waals surface area (Å²) in [4.78, 5) is 0. The van der Waals surface area contributed by atoms with Crippen LogP contribution in [0.1, 0.15) is 12.0 Å². The first-order chi connectivity index (χ1) is 7.33. The fraction of sp³-hybridized carbons (Fsp3) is 0.500. The first-order valence-electron chi connectivity index (χ1n) is 5.41. The molecule has 15 heavy (non-hydrogen) atoms. The molecule has 3 nitrogen and oxygen atoms in total. The highest BCUT2D eigenvalue weighted by atomic mass is 16.5. The van der Waals surface area contributed by atoms with E-state index in [4.69, 9.17) is 4.74 Å². The van der Waals surface area contributed by atoms with Gasteiger partial charge in [0.05, 0.1) is 7.11 Å². The predicted molar refractivity (Wildman–Crippen MR) is 62.7 cm³/mol. The first kappa shape index (κ1) is 10.3. The third-order valence-electron chi connectivity index (χ3n) is 2.89. The van der Waals surface area contributed by atoms with Gasteiger partial charge < -0.3 is 15.4 Å². The van der Waals surface area contributed by atoms with E-state index in [9.17, 15) is 0 Å². The van der Waals surface area contributed by atoms with Gasteiger partial charge in [-0.3, -0.25) is 0 Å². The molecular formula is C12H18N2O. The maximum absolute atomic E-state index is 5.20. The molecule has 1 aliphatic rings. The molecule has 0 fully saturated rings. The van der Waals surface area contributed by atoms with E-state index in [0.29, 0.717) is 6.04 Å². The molecule has 1 unspecified atom stereocenters. The summed E-state index contributed by atoms with van der Waals surface area (Å²) in [6.45, 7) is 1.06. The van der Waals surface area contributed by atoms with Crippen LogP contribution in [0.25, 0.3) is 0 Å². The number of hydrogen-bond donors (Lipinski definition) is 2. The molecule has 0 radical (unpaired) electrons. The van der Waals surface area contributed by atoms with Crippen molar-refractivity contribution in [2.24, 2.45) is 0 Å². The second kappa shape index (κ2) is 4.53. The minimum absolute atomic E-state index is 0.569. The van der Waals surface area contributed by atoms with Gasteiger partial charge in [0.2, 0.25) is 0 Å². The Labute approximate surface area is 90.8 Å². The summed E-state index contributed by atoms with van der Waals surface area (Å²) < 4.78 is 5.20. The fourth-order valence-corrected chi connectivity index (χ4v) is 2.02. The fourth-order valence-electron chi connectivity index (χ4n) is 2.02. The highest BCUT2D eigenvalue weighted by Crippen LogP contribution is 2.30. The summed E-state index contributed by atoms with van der Waals surface area (Å²) in [6, 6.07) is 6.83. The predicted octanol–water partition coefficient (Wildman–Crippen LogP) is 1.64. The summed E-state index contributed by atoms with van der Waals surface area (Å²) in [7, 11) is 3.69. The van der Waals surface area contributed by atoms with Crippen LogP contribution in [0.5, 0.6) is 5.75 Å². The van der Waals surface area contributed by atoms with Crippen molar-refractivity contribution in [3.63, 3.8) is 0 Å². The number of hydrogen-bond acceptors (Lipinski definition) is 3. The average molecular weight is 206 g/mol. The number of methoxy groups -OCH3 is 1. The Bertz CT molecular complexity index is 338. The zero-order chi connectivity index (χ0) is 10.7. The van der Waals surface area contributed by atoms with Gasteiger partial charge in [0, 0.05) is 17.8 Å². The van der Waals surface area contributed by atoms with E-state index >= 15 is 0 Å². The van der Waals surface area contributed by atoms with E-state index in [1.54, 1.807) is 7.11 Å². The number of anilines is 1. The van der Waals surface area contributed by atoms with E-state index in [1.165, 1.54) is 11.3 Å². The monoisotopic (exact) mass is 206 g/mol. The highest BCUT2D eigenvalue weighted by molar-refractivity contribution is 5.59. The summed E-state index contributed by atoms with van der Waals surface area (Å²) in [5.41, 5.74) is 2.63. The third kappa shape index (κ3) is 2.23. The average Bonchev–Trinajstić information content (AvgIpc) is 2.67. The Kier molecular flexibility index (Phi) is 3.11. The number of fused-ring (bicyclic) bond motifs is 1. The normalized spacial score (nSPS) is 18.4. The van der Waals surface area contributed by atoms with E-state index < -0.39 is 0 Å². The quantitative estimate of drug-likeness (QED) is 0.785. The van der Waals surface area contributed by atoms with Gasteiger partial charge >= 0.3 is 0 Å². The summed E-state index contributed by atoms with van der Waals surface area (Å²) in [5.74, 6) is 0.926. The minimum atomic E-state index is 0.569. The molecule has 3 heteroatoms. The van der Waals surface area contributed by atoms with E-state index in [1.807, 2.05) is 13.1 Å². The minimum Gasteiger partial charge on any atom is -0.497 e. The Hall–Kier alpha value is -1.22. The first-order valence-corrected chi connectivity index (χ1v) is 5.41. The topological polar surface area (TPSA) is 33.3 Å². The van der Waals surface area contributed by atoms with Crippen LogP contribution < -0.4 is 15.4 Å². The third-order valence-corrected chi connectivity index (χ3v) is 2.89. The van der Waals surface area contributed by atoms with Gasteiger partial charge in [-0.1, -0.05) is 6.07 Å². The molecule has 0 spiro atoms. The summed E-state index contributed by atoms with van der Waals surface area (Å²) in [5, 5.41) is 6.70. The molecule has 2 rings (SSSR count). The van der Waals surface area contributed by atoms with Gasteiger partial charge in [-0.2, -0.15) is 0 Å². The van der Waals surface area contributed by atoms with Crippen molar-refractivity contribution in [3.8, 4) is 5.75 Å². The Morgan fingerprint density at radius 2 is 2.40 bits per heavy atom. The largest absolute Gasteiger partial charge is 0.497 e. The zero-order valence-corrected chi connectivity index (χ0v) is 9.34. The van der Waals surface area contributed by atoms with Crippen LogP contribution in [0.2, 0.25) is 0 Å². The molecule has 1 heterocycles. The SMILES string of the molecule is CNCCC1Cc2ccc(OC)cc2N1. The molecule has 0 aromatic heterocycles. The van der Waals surface area contributed by atoms with Gasteiger partial charge in [0.15, 0.2) is 0 Å². The molecule has 0 amide bonds. The van der Waals surface area contributed by atoms with Crippen molar-refractivity contribution >= 4 is 5.69 Å². The summed E-state index contributed by atoms with van der Waals surface area (Å²) >= 11 is 0. The van der Waals surface area contributed by atoms with Crippen LogP contribution >= 0.6 is 0 Å². The van der Waals surface area contributed by atoms with Gasteiger partial charge in [-0.15, -0.1) is 0 Å². The van der Waals surface area contributed by atoms with Crippen molar-refractivity contribution in [2.75, 3.05) is 26.0 Å².